The minimum absolute atomic E-state index is 0.0615. The van der Waals surface area contributed by atoms with Crippen molar-refractivity contribution in [2.45, 2.75) is 31.3 Å². The molecule has 4 aromatic rings. The molecule has 5 rings (SSSR count). The number of amides is 1. The number of methoxy groups -OCH3 is 1. The van der Waals surface area contributed by atoms with E-state index in [0.29, 0.717) is 15.6 Å². The topological polar surface area (TPSA) is 95.1 Å². The summed E-state index contributed by atoms with van der Waals surface area (Å²) in [6.45, 7) is 0. The standard InChI is InChI=1S/C25H23Cl2N5O2/c1-34-17-4-7-22-18(12-17)23(8-9-29-22)32-13-15-10-16(3-6-21(15)31-32)30-24(25(28)33)14-2-5-19(26)20(27)11-14/h2,4-5,7-9,11-13,16,24,30H,3,6,10H2,1H3,(H2,28,33). The third-order valence-corrected chi connectivity index (χ3v) is 6.95. The van der Waals surface area contributed by atoms with E-state index >= 15 is 0 Å². The van der Waals surface area contributed by atoms with Crippen LogP contribution < -0.4 is 15.8 Å². The Hall–Kier alpha value is -3.13. The molecule has 0 spiro atoms. The molecule has 7 nitrogen and oxygen atoms in total. The van der Waals surface area contributed by atoms with E-state index in [4.69, 9.17) is 38.8 Å². The summed E-state index contributed by atoms with van der Waals surface area (Å²) in [6.07, 6.45) is 6.19. The lowest BCUT2D eigenvalue weighted by Crippen LogP contribution is -2.42. The molecule has 34 heavy (non-hydrogen) atoms. The molecule has 0 fully saturated rings. The Balaban J connectivity index is 1.41. The highest BCUT2D eigenvalue weighted by Crippen LogP contribution is 2.29. The Bertz CT molecular complexity index is 1390. The molecular formula is C25H23Cl2N5O2. The van der Waals surface area contributed by atoms with E-state index in [2.05, 4.69) is 16.5 Å². The van der Waals surface area contributed by atoms with Crippen LogP contribution in [0.2, 0.25) is 10.0 Å². The van der Waals surface area contributed by atoms with Crippen molar-refractivity contribution in [3.63, 3.8) is 0 Å². The largest absolute Gasteiger partial charge is 0.497 e. The lowest BCUT2D eigenvalue weighted by atomic mass is 9.92. The first-order valence-corrected chi connectivity index (χ1v) is 11.7. The predicted octanol–water partition coefficient (Wildman–Crippen LogP) is 4.41. The summed E-state index contributed by atoms with van der Waals surface area (Å²) in [5.41, 5.74) is 10.4. The molecule has 2 unspecified atom stereocenters. The molecule has 0 bridgehead atoms. The summed E-state index contributed by atoms with van der Waals surface area (Å²) in [7, 11) is 1.65. The molecule has 0 saturated carbocycles. The number of aromatic nitrogens is 3. The van der Waals surface area contributed by atoms with E-state index in [1.54, 1.807) is 31.5 Å². The van der Waals surface area contributed by atoms with Crippen LogP contribution in [-0.4, -0.2) is 33.8 Å². The van der Waals surface area contributed by atoms with Crippen LogP contribution in [0.4, 0.5) is 0 Å². The van der Waals surface area contributed by atoms with Gasteiger partial charge in [-0.25, -0.2) is 4.68 Å². The van der Waals surface area contributed by atoms with Gasteiger partial charge in [-0.1, -0.05) is 29.3 Å². The first-order chi connectivity index (χ1) is 16.4. The summed E-state index contributed by atoms with van der Waals surface area (Å²) in [5, 5.41) is 10.1. The van der Waals surface area contributed by atoms with Gasteiger partial charge in [-0.3, -0.25) is 15.1 Å². The minimum Gasteiger partial charge on any atom is -0.497 e. The molecule has 2 aromatic carbocycles. The molecule has 2 heterocycles. The first-order valence-electron chi connectivity index (χ1n) is 10.9. The Morgan fingerprint density at radius 3 is 2.82 bits per heavy atom. The second-order valence-corrected chi connectivity index (χ2v) is 9.19. The van der Waals surface area contributed by atoms with Gasteiger partial charge in [-0.05, 0) is 66.8 Å². The maximum absolute atomic E-state index is 12.2. The number of benzene rings is 2. The van der Waals surface area contributed by atoms with Gasteiger partial charge in [0, 0.05) is 23.8 Å². The van der Waals surface area contributed by atoms with Crippen molar-refractivity contribution < 1.29 is 9.53 Å². The van der Waals surface area contributed by atoms with Crippen molar-refractivity contribution in [1.29, 1.82) is 0 Å². The molecule has 2 atom stereocenters. The van der Waals surface area contributed by atoms with Crippen LogP contribution in [0.15, 0.2) is 54.9 Å². The summed E-state index contributed by atoms with van der Waals surface area (Å²) in [4.78, 5) is 16.7. The average Bonchev–Trinajstić information content (AvgIpc) is 3.26. The Kier molecular flexibility index (Phi) is 6.16. The van der Waals surface area contributed by atoms with Gasteiger partial charge in [-0.2, -0.15) is 5.10 Å². The fraction of sp³-hybridized carbons (Fsp3) is 0.240. The maximum Gasteiger partial charge on any atom is 0.239 e. The number of hydrogen-bond acceptors (Lipinski definition) is 5. The lowest BCUT2D eigenvalue weighted by Gasteiger charge is -2.27. The molecule has 1 aliphatic carbocycles. The third-order valence-electron chi connectivity index (χ3n) is 6.21. The van der Waals surface area contributed by atoms with Gasteiger partial charge in [0.25, 0.3) is 0 Å². The second kappa shape index (κ2) is 9.25. The number of hydrogen-bond donors (Lipinski definition) is 2. The van der Waals surface area contributed by atoms with E-state index in [1.807, 2.05) is 28.9 Å². The van der Waals surface area contributed by atoms with Crippen molar-refractivity contribution in [2.24, 2.45) is 5.73 Å². The fourth-order valence-corrected chi connectivity index (χ4v) is 4.78. The van der Waals surface area contributed by atoms with Crippen LogP contribution in [0.3, 0.4) is 0 Å². The van der Waals surface area contributed by atoms with Gasteiger partial charge in [0.05, 0.1) is 34.1 Å². The molecule has 174 valence electrons. The summed E-state index contributed by atoms with van der Waals surface area (Å²) in [6, 6.07) is 12.3. The smallest absolute Gasteiger partial charge is 0.239 e. The summed E-state index contributed by atoms with van der Waals surface area (Å²) >= 11 is 12.2. The molecule has 2 aromatic heterocycles. The Labute approximate surface area is 206 Å². The highest BCUT2D eigenvalue weighted by molar-refractivity contribution is 6.42. The summed E-state index contributed by atoms with van der Waals surface area (Å²) < 4.78 is 7.30. The van der Waals surface area contributed by atoms with Gasteiger partial charge in [0.2, 0.25) is 5.91 Å². The minimum atomic E-state index is -0.659. The second-order valence-electron chi connectivity index (χ2n) is 8.37. The number of nitrogens with two attached hydrogens (primary N) is 1. The first kappa shape index (κ1) is 22.7. The predicted molar refractivity (Wildman–Crippen MR) is 133 cm³/mol. The number of pyridine rings is 1. The van der Waals surface area contributed by atoms with E-state index in [0.717, 1.165) is 52.9 Å². The molecule has 1 amide bonds. The zero-order chi connectivity index (χ0) is 23.8. The van der Waals surface area contributed by atoms with Crippen LogP contribution in [0.1, 0.15) is 29.3 Å². The number of carbonyl (C=O) groups is 1. The summed E-state index contributed by atoms with van der Waals surface area (Å²) in [5.74, 6) is 0.305. The Morgan fingerprint density at radius 1 is 1.21 bits per heavy atom. The van der Waals surface area contributed by atoms with Crippen LogP contribution in [0.5, 0.6) is 5.75 Å². The highest BCUT2D eigenvalue weighted by atomic mass is 35.5. The zero-order valence-electron chi connectivity index (χ0n) is 18.5. The van der Waals surface area contributed by atoms with Crippen LogP contribution >= 0.6 is 23.2 Å². The number of nitrogens with zero attached hydrogens (tertiary/aromatic N) is 3. The van der Waals surface area contributed by atoms with Crippen molar-refractivity contribution in [2.75, 3.05) is 7.11 Å². The molecule has 0 saturated heterocycles. The number of halogens is 2. The number of ether oxygens (including phenoxy) is 1. The van der Waals surface area contributed by atoms with E-state index < -0.39 is 11.9 Å². The normalized spacial score (nSPS) is 16.3. The molecule has 9 heteroatoms. The molecule has 0 radical (unpaired) electrons. The fourth-order valence-electron chi connectivity index (χ4n) is 4.48. The van der Waals surface area contributed by atoms with Gasteiger partial charge >= 0.3 is 0 Å². The van der Waals surface area contributed by atoms with Crippen LogP contribution in [0.25, 0.3) is 16.6 Å². The van der Waals surface area contributed by atoms with Crippen LogP contribution in [-0.2, 0) is 17.6 Å². The maximum atomic E-state index is 12.2. The SMILES string of the molecule is COc1ccc2nccc(-n3cc4c(n3)CCC(NC(C(N)=O)c3ccc(Cl)c(Cl)c3)C4)c2c1. The van der Waals surface area contributed by atoms with E-state index in [-0.39, 0.29) is 6.04 Å². The van der Waals surface area contributed by atoms with E-state index in [1.165, 1.54) is 0 Å². The monoisotopic (exact) mass is 495 g/mol. The molecule has 0 aliphatic heterocycles. The van der Waals surface area contributed by atoms with Crippen molar-refractivity contribution in [1.82, 2.24) is 20.1 Å². The lowest BCUT2D eigenvalue weighted by molar-refractivity contribution is -0.120. The molecule has 3 N–H and O–H groups in total. The number of carbonyl (C=O) groups excluding carboxylic acids is 1. The molecule has 1 aliphatic rings. The number of fused-ring (bicyclic) bond motifs is 2. The number of aryl methyl sites for hydroxylation is 1. The van der Waals surface area contributed by atoms with Gasteiger partial charge in [0.1, 0.15) is 11.8 Å². The number of rotatable bonds is 6. The highest BCUT2D eigenvalue weighted by Gasteiger charge is 2.27. The number of nitrogens with one attached hydrogen (secondary N) is 1. The molecular weight excluding hydrogens is 473 g/mol. The van der Waals surface area contributed by atoms with Crippen molar-refractivity contribution in [3.8, 4) is 11.4 Å². The number of primary amides is 1. The Morgan fingerprint density at radius 2 is 2.06 bits per heavy atom. The van der Waals surface area contributed by atoms with Crippen LogP contribution in [0, 0.1) is 0 Å². The van der Waals surface area contributed by atoms with Crippen molar-refractivity contribution >= 4 is 40.0 Å². The van der Waals surface area contributed by atoms with Gasteiger partial charge in [-0.15, -0.1) is 0 Å². The average molecular weight is 496 g/mol. The quantitative estimate of drug-likeness (QED) is 0.413. The van der Waals surface area contributed by atoms with Crippen molar-refractivity contribution in [3.05, 3.63) is 81.7 Å². The van der Waals surface area contributed by atoms with Gasteiger partial charge in [0.15, 0.2) is 0 Å². The van der Waals surface area contributed by atoms with E-state index in [9.17, 15) is 4.79 Å². The zero-order valence-corrected chi connectivity index (χ0v) is 20.0. The third kappa shape index (κ3) is 4.34. The van der Waals surface area contributed by atoms with Gasteiger partial charge < -0.3 is 10.5 Å².